The van der Waals surface area contributed by atoms with E-state index < -0.39 is 14.9 Å². The first-order valence-corrected chi connectivity index (χ1v) is 12.2. The monoisotopic (exact) mass is 393 g/mol. The second-order valence-electron chi connectivity index (χ2n) is 8.27. The van der Waals surface area contributed by atoms with Crippen molar-refractivity contribution in [3.05, 3.63) is 0 Å². The molecule has 4 nitrogen and oxygen atoms in total. The fourth-order valence-electron chi connectivity index (χ4n) is 3.22. The molecule has 0 radical (unpaired) electrons. The minimum absolute atomic E-state index is 0. The molecule has 0 amide bonds. The second-order valence-corrected chi connectivity index (χ2v) is 10.3. The molecule has 0 rings (SSSR count). The van der Waals surface area contributed by atoms with E-state index in [1.54, 1.807) is 13.8 Å². The maximum Gasteiger partial charge on any atom is 0.0999 e. The first-order chi connectivity index (χ1) is 11.8. The molecule has 0 aromatic heterocycles. The highest BCUT2D eigenvalue weighted by atomic mass is 32.2. The zero-order chi connectivity index (χ0) is 19.0. The molecule has 0 aromatic carbocycles. The fraction of sp³-hybridized carbons (Fsp3) is 1.00. The van der Waals surface area contributed by atoms with Gasteiger partial charge in [-0.3, -0.25) is 0 Å². The predicted octanol–water partition coefficient (Wildman–Crippen LogP) is 7.34. The van der Waals surface area contributed by atoms with Crippen LogP contribution in [-0.4, -0.2) is 17.7 Å². The molecule has 26 heavy (non-hydrogen) atoms. The smallest absolute Gasteiger partial charge is 0.0999 e. The minimum atomic E-state index is -4.17. The lowest BCUT2D eigenvalue weighted by Gasteiger charge is -2.27. The van der Waals surface area contributed by atoms with E-state index in [9.17, 15) is 13.0 Å². The lowest BCUT2D eigenvalue weighted by atomic mass is 10.0. The summed E-state index contributed by atoms with van der Waals surface area (Å²) in [5.41, 5.74) is 0. The maximum atomic E-state index is 11.1. The molecule has 0 aliphatic carbocycles. The standard InChI is InChI=1S/C21H44O3S.H3N/c1-4-5-6-7-8-9-10-11-12-13-14-15-16-17-18-19-20-21(2,3)25(22,23)24;/h4-20H2,1-3H3,(H,22,23,24);1H3. The van der Waals surface area contributed by atoms with Crippen molar-refractivity contribution in [3.8, 4) is 0 Å². The largest absolute Gasteiger partial charge is 0.748 e. The lowest BCUT2D eigenvalue weighted by molar-refractivity contribution is 0.408. The van der Waals surface area contributed by atoms with Crippen LogP contribution in [0.3, 0.4) is 0 Å². The van der Waals surface area contributed by atoms with Gasteiger partial charge in [0.15, 0.2) is 0 Å². The zero-order valence-electron chi connectivity index (χ0n) is 18.2. The zero-order valence-corrected chi connectivity index (χ0v) is 19.0. The van der Waals surface area contributed by atoms with Gasteiger partial charge in [0.25, 0.3) is 0 Å². The number of hydrogen-bond acceptors (Lipinski definition) is 3. The van der Waals surface area contributed by atoms with Crippen molar-refractivity contribution in [1.29, 1.82) is 0 Å². The summed E-state index contributed by atoms with van der Waals surface area (Å²) in [5.74, 6) is 0. The van der Waals surface area contributed by atoms with Crippen LogP contribution in [0.4, 0.5) is 0 Å². The third-order valence-corrected chi connectivity index (χ3v) is 6.87. The molecular weight excluding hydrogens is 346 g/mol. The summed E-state index contributed by atoms with van der Waals surface area (Å²) >= 11 is 0. The summed E-state index contributed by atoms with van der Waals surface area (Å²) in [5, 5.41) is 0. The second kappa shape index (κ2) is 17.0. The summed E-state index contributed by atoms with van der Waals surface area (Å²) in [6.07, 6.45) is 21.3. The van der Waals surface area contributed by atoms with Crippen LogP contribution >= 0.6 is 0 Å². The molecule has 0 atom stereocenters. The predicted molar refractivity (Wildman–Crippen MR) is 114 cm³/mol. The fourth-order valence-corrected chi connectivity index (χ4v) is 3.62. The Bertz CT molecular complexity index is 394. The Balaban J connectivity index is 0. The van der Waals surface area contributed by atoms with Gasteiger partial charge in [0.05, 0.1) is 14.9 Å². The van der Waals surface area contributed by atoms with Crippen molar-refractivity contribution >= 4 is 10.1 Å². The quantitative estimate of drug-likeness (QED) is 0.195. The van der Waals surface area contributed by atoms with E-state index in [-0.39, 0.29) is 6.15 Å². The van der Waals surface area contributed by atoms with Crippen molar-refractivity contribution in [2.75, 3.05) is 0 Å². The molecular formula is C21H47NO3S. The van der Waals surface area contributed by atoms with Gasteiger partial charge in [-0.05, 0) is 20.3 Å². The Hall–Kier alpha value is -0.130. The van der Waals surface area contributed by atoms with Crippen LogP contribution in [0.1, 0.15) is 130 Å². The highest BCUT2D eigenvalue weighted by Crippen LogP contribution is 2.23. The summed E-state index contributed by atoms with van der Waals surface area (Å²) in [7, 11) is -4.17. The van der Waals surface area contributed by atoms with Crippen LogP contribution in [0.5, 0.6) is 0 Å². The van der Waals surface area contributed by atoms with Gasteiger partial charge < -0.3 is 10.7 Å². The molecule has 0 saturated carbocycles. The van der Waals surface area contributed by atoms with Gasteiger partial charge in [0.1, 0.15) is 0 Å². The molecule has 160 valence electrons. The van der Waals surface area contributed by atoms with Crippen molar-refractivity contribution in [2.24, 2.45) is 0 Å². The van der Waals surface area contributed by atoms with Gasteiger partial charge in [-0.25, -0.2) is 8.42 Å². The molecule has 0 fully saturated rings. The number of unbranched alkanes of at least 4 members (excludes halogenated alkanes) is 15. The summed E-state index contributed by atoms with van der Waals surface area (Å²) in [6, 6.07) is 0. The van der Waals surface area contributed by atoms with Crippen molar-refractivity contribution in [1.82, 2.24) is 6.15 Å². The van der Waals surface area contributed by atoms with Crippen molar-refractivity contribution in [3.63, 3.8) is 0 Å². The van der Waals surface area contributed by atoms with Crippen LogP contribution in [-0.2, 0) is 10.1 Å². The van der Waals surface area contributed by atoms with E-state index >= 15 is 0 Å². The molecule has 0 aromatic rings. The Morgan fingerprint density at radius 1 is 0.615 bits per heavy atom. The van der Waals surface area contributed by atoms with Gasteiger partial charge >= 0.3 is 0 Å². The van der Waals surface area contributed by atoms with E-state index in [1.165, 1.54) is 83.5 Å². The molecule has 0 heterocycles. The van der Waals surface area contributed by atoms with Crippen LogP contribution < -0.4 is 6.15 Å². The van der Waals surface area contributed by atoms with Gasteiger partial charge in [0.2, 0.25) is 0 Å². The summed E-state index contributed by atoms with van der Waals surface area (Å²) in [6.45, 7) is 5.35. The van der Waals surface area contributed by atoms with Gasteiger partial charge in [-0.2, -0.15) is 0 Å². The lowest BCUT2D eigenvalue weighted by Crippen LogP contribution is -2.31. The van der Waals surface area contributed by atoms with E-state index in [0.29, 0.717) is 6.42 Å². The molecule has 0 bridgehead atoms. The highest BCUT2D eigenvalue weighted by molar-refractivity contribution is 7.87. The van der Waals surface area contributed by atoms with Crippen LogP contribution in [0, 0.1) is 0 Å². The van der Waals surface area contributed by atoms with Crippen LogP contribution in [0.15, 0.2) is 0 Å². The molecule has 0 unspecified atom stereocenters. The normalized spacial score (nSPS) is 12.2. The minimum Gasteiger partial charge on any atom is -0.748 e. The van der Waals surface area contributed by atoms with E-state index in [0.717, 1.165) is 19.3 Å². The van der Waals surface area contributed by atoms with Gasteiger partial charge in [-0.1, -0.05) is 110 Å². The van der Waals surface area contributed by atoms with E-state index in [2.05, 4.69) is 6.92 Å². The Morgan fingerprint density at radius 2 is 0.885 bits per heavy atom. The number of quaternary nitrogens is 1. The number of rotatable bonds is 18. The van der Waals surface area contributed by atoms with Crippen molar-refractivity contribution in [2.45, 2.75) is 135 Å². The van der Waals surface area contributed by atoms with Crippen LogP contribution in [0.25, 0.3) is 0 Å². The Morgan fingerprint density at radius 3 is 1.15 bits per heavy atom. The highest BCUT2D eigenvalue weighted by Gasteiger charge is 2.24. The molecule has 0 aliphatic rings. The number of hydrogen-bond donors (Lipinski definition) is 1. The SMILES string of the molecule is CCCCCCCCCCCCCCCCCCC(C)(C)S(=O)(=O)[O-].[NH4+]. The molecule has 4 N–H and O–H groups in total. The van der Waals surface area contributed by atoms with E-state index in [1.807, 2.05) is 0 Å². The van der Waals surface area contributed by atoms with Crippen molar-refractivity contribution < 1.29 is 13.0 Å². The van der Waals surface area contributed by atoms with Gasteiger partial charge in [-0.15, -0.1) is 0 Å². The van der Waals surface area contributed by atoms with E-state index in [4.69, 9.17) is 0 Å². The third kappa shape index (κ3) is 16.1. The topological polar surface area (TPSA) is 93.7 Å². The van der Waals surface area contributed by atoms with Gasteiger partial charge in [0, 0.05) is 0 Å². The first kappa shape index (κ1) is 28.1. The first-order valence-electron chi connectivity index (χ1n) is 10.8. The average molecular weight is 394 g/mol. The molecule has 0 aliphatic heterocycles. The summed E-state index contributed by atoms with van der Waals surface area (Å²) in [4.78, 5) is 0. The maximum absolute atomic E-state index is 11.1. The molecule has 0 spiro atoms. The average Bonchev–Trinajstić information content (AvgIpc) is 2.53. The van der Waals surface area contributed by atoms with Crippen LogP contribution in [0.2, 0.25) is 0 Å². The Labute approximate surface area is 164 Å². The molecule has 5 heteroatoms. The summed E-state index contributed by atoms with van der Waals surface area (Å²) < 4.78 is 32.2. The molecule has 0 saturated heterocycles. The Kier molecular flexibility index (Phi) is 18.4. The third-order valence-electron chi connectivity index (χ3n) is 5.31.